The molecule has 0 unspecified atom stereocenters. The molecule has 0 aliphatic rings. The monoisotopic (exact) mass is 230 g/mol. The summed E-state index contributed by atoms with van der Waals surface area (Å²) in [4.78, 5) is 3.84. The average molecular weight is 230 g/mol. The van der Waals surface area contributed by atoms with E-state index in [2.05, 4.69) is 4.98 Å². The molecule has 0 aliphatic heterocycles. The first-order valence-corrected chi connectivity index (χ1v) is 6.27. The van der Waals surface area contributed by atoms with Crippen LogP contribution in [0, 0.1) is 0 Å². The van der Waals surface area contributed by atoms with Gasteiger partial charge in [0.2, 0.25) is 10.0 Å². The van der Waals surface area contributed by atoms with E-state index >= 15 is 0 Å². The molecule has 0 bridgehead atoms. The number of nitrogens with zero attached hydrogens (tertiary/aromatic N) is 2. The summed E-state index contributed by atoms with van der Waals surface area (Å²) < 4.78 is 29.1. The minimum Gasteiger partial charge on any atom is -0.383 e. The highest BCUT2D eigenvalue weighted by Gasteiger charge is 2.16. The number of aromatic nitrogens is 1. The zero-order valence-electron chi connectivity index (χ0n) is 8.75. The SMILES string of the molecule is COCCN(c1ccncc1)S(C)(=O)=O. The zero-order chi connectivity index (χ0) is 11.3. The van der Waals surface area contributed by atoms with Gasteiger partial charge >= 0.3 is 0 Å². The van der Waals surface area contributed by atoms with Gasteiger partial charge in [0.1, 0.15) is 0 Å². The highest BCUT2D eigenvalue weighted by Crippen LogP contribution is 2.14. The molecule has 6 heteroatoms. The van der Waals surface area contributed by atoms with E-state index in [-0.39, 0.29) is 0 Å². The number of hydrogen-bond acceptors (Lipinski definition) is 4. The molecule has 5 nitrogen and oxygen atoms in total. The van der Waals surface area contributed by atoms with Gasteiger partial charge in [0.15, 0.2) is 0 Å². The Balaban J connectivity index is 2.92. The fourth-order valence-electron chi connectivity index (χ4n) is 1.17. The van der Waals surface area contributed by atoms with E-state index in [1.165, 1.54) is 17.7 Å². The number of anilines is 1. The number of sulfonamides is 1. The van der Waals surface area contributed by atoms with Gasteiger partial charge in [-0.25, -0.2) is 8.42 Å². The molecule has 84 valence electrons. The topological polar surface area (TPSA) is 59.5 Å². The van der Waals surface area contributed by atoms with E-state index in [1.807, 2.05) is 0 Å². The zero-order valence-corrected chi connectivity index (χ0v) is 9.57. The molecular weight excluding hydrogens is 216 g/mol. The van der Waals surface area contributed by atoms with Crippen molar-refractivity contribution >= 4 is 15.7 Å². The Morgan fingerprint density at radius 3 is 2.47 bits per heavy atom. The van der Waals surface area contributed by atoms with Crippen molar-refractivity contribution < 1.29 is 13.2 Å². The molecule has 1 aromatic rings. The van der Waals surface area contributed by atoms with Crippen LogP contribution in [0.25, 0.3) is 0 Å². The normalized spacial score (nSPS) is 11.3. The molecule has 0 aromatic carbocycles. The smallest absolute Gasteiger partial charge is 0.232 e. The molecule has 0 spiro atoms. The van der Waals surface area contributed by atoms with Crippen molar-refractivity contribution in [2.75, 3.05) is 30.8 Å². The van der Waals surface area contributed by atoms with Crippen molar-refractivity contribution in [3.8, 4) is 0 Å². The van der Waals surface area contributed by atoms with Crippen molar-refractivity contribution in [2.24, 2.45) is 0 Å². The van der Waals surface area contributed by atoms with Gasteiger partial charge in [-0.15, -0.1) is 0 Å². The largest absolute Gasteiger partial charge is 0.383 e. The van der Waals surface area contributed by atoms with Crippen LogP contribution in [-0.4, -0.2) is 39.9 Å². The van der Waals surface area contributed by atoms with E-state index in [9.17, 15) is 8.42 Å². The lowest BCUT2D eigenvalue weighted by molar-refractivity contribution is 0.208. The maximum Gasteiger partial charge on any atom is 0.232 e. The van der Waals surface area contributed by atoms with Crippen molar-refractivity contribution in [3.05, 3.63) is 24.5 Å². The summed E-state index contributed by atoms with van der Waals surface area (Å²) >= 11 is 0. The fourth-order valence-corrected chi connectivity index (χ4v) is 2.08. The minimum atomic E-state index is -3.26. The molecule has 0 atom stereocenters. The van der Waals surface area contributed by atoms with Gasteiger partial charge in [0.05, 0.1) is 25.1 Å². The van der Waals surface area contributed by atoms with Crippen molar-refractivity contribution in [1.82, 2.24) is 4.98 Å². The summed E-state index contributed by atoms with van der Waals surface area (Å²) in [6, 6.07) is 3.30. The van der Waals surface area contributed by atoms with Crippen LogP contribution in [0.2, 0.25) is 0 Å². The van der Waals surface area contributed by atoms with Gasteiger partial charge in [-0.05, 0) is 12.1 Å². The molecule has 0 saturated heterocycles. The molecule has 1 aromatic heterocycles. The molecule has 0 amide bonds. The van der Waals surface area contributed by atoms with Gasteiger partial charge in [-0.1, -0.05) is 0 Å². The molecule has 0 fully saturated rings. The lowest BCUT2D eigenvalue weighted by atomic mass is 10.4. The Labute approximate surface area is 89.7 Å². The second-order valence-corrected chi connectivity index (χ2v) is 4.94. The van der Waals surface area contributed by atoms with E-state index < -0.39 is 10.0 Å². The van der Waals surface area contributed by atoms with Crippen LogP contribution < -0.4 is 4.31 Å². The minimum absolute atomic E-state index is 0.305. The highest BCUT2D eigenvalue weighted by atomic mass is 32.2. The molecule has 0 radical (unpaired) electrons. The summed E-state index contributed by atoms with van der Waals surface area (Å²) in [7, 11) is -1.73. The van der Waals surface area contributed by atoms with Crippen LogP contribution in [0.4, 0.5) is 5.69 Å². The van der Waals surface area contributed by atoms with E-state index in [0.717, 1.165) is 0 Å². The number of hydrogen-bond donors (Lipinski definition) is 0. The third kappa shape index (κ3) is 3.49. The van der Waals surface area contributed by atoms with Crippen molar-refractivity contribution in [3.63, 3.8) is 0 Å². The van der Waals surface area contributed by atoms with Crippen LogP contribution in [0.1, 0.15) is 0 Å². The summed E-state index contributed by atoms with van der Waals surface area (Å²) in [6.07, 6.45) is 4.28. The standard InChI is InChI=1S/C9H14N2O3S/c1-14-8-7-11(15(2,12)13)9-3-5-10-6-4-9/h3-6H,7-8H2,1-2H3. The quantitative estimate of drug-likeness (QED) is 0.739. The van der Waals surface area contributed by atoms with Crippen LogP contribution >= 0.6 is 0 Å². The van der Waals surface area contributed by atoms with Gasteiger partial charge < -0.3 is 4.74 Å². The molecule has 0 aliphatic carbocycles. The lowest BCUT2D eigenvalue weighted by Gasteiger charge is -2.21. The Hall–Kier alpha value is -1.14. The number of ether oxygens (including phenoxy) is 1. The van der Waals surface area contributed by atoms with Crippen LogP contribution in [0.3, 0.4) is 0 Å². The van der Waals surface area contributed by atoms with Crippen LogP contribution in [-0.2, 0) is 14.8 Å². The maximum atomic E-state index is 11.5. The summed E-state index contributed by atoms with van der Waals surface area (Å²) in [5.74, 6) is 0. The lowest BCUT2D eigenvalue weighted by Crippen LogP contribution is -2.32. The second kappa shape index (κ2) is 5.09. The predicted octanol–water partition coefficient (Wildman–Crippen LogP) is 0.494. The van der Waals surface area contributed by atoms with E-state index in [0.29, 0.717) is 18.8 Å². The summed E-state index contributed by atoms with van der Waals surface area (Å²) in [5.41, 5.74) is 0.601. The maximum absolute atomic E-state index is 11.5. The molecular formula is C9H14N2O3S. The summed E-state index contributed by atoms with van der Waals surface area (Å²) in [5, 5.41) is 0. The van der Waals surface area contributed by atoms with E-state index in [4.69, 9.17) is 4.74 Å². The van der Waals surface area contributed by atoms with Crippen LogP contribution in [0.15, 0.2) is 24.5 Å². The van der Waals surface area contributed by atoms with Crippen molar-refractivity contribution in [1.29, 1.82) is 0 Å². The first kappa shape index (κ1) is 11.9. The average Bonchev–Trinajstić information content (AvgIpc) is 2.18. The number of methoxy groups -OCH3 is 1. The van der Waals surface area contributed by atoms with Gasteiger partial charge in [-0.2, -0.15) is 0 Å². The fraction of sp³-hybridized carbons (Fsp3) is 0.444. The number of rotatable bonds is 5. The molecule has 1 heterocycles. The third-order valence-corrected chi connectivity index (χ3v) is 3.04. The Morgan fingerprint density at radius 1 is 1.40 bits per heavy atom. The predicted molar refractivity (Wildman–Crippen MR) is 58.3 cm³/mol. The molecule has 0 N–H and O–H groups in total. The third-order valence-electron chi connectivity index (χ3n) is 1.85. The molecule has 1 rings (SSSR count). The van der Waals surface area contributed by atoms with Crippen molar-refractivity contribution in [2.45, 2.75) is 0 Å². The Kier molecular flexibility index (Phi) is 4.05. The van der Waals surface area contributed by atoms with Gasteiger partial charge in [0.25, 0.3) is 0 Å². The van der Waals surface area contributed by atoms with Crippen LogP contribution in [0.5, 0.6) is 0 Å². The highest BCUT2D eigenvalue weighted by molar-refractivity contribution is 7.92. The molecule has 15 heavy (non-hydrogen) atoms. The second-order valence-electron chi connectivity index (χ2n) is 3.03. The number of pyridine rings is 1. The Morgan fingerprint density at radius 2 is 2.00 bits per heavy atom. The first-order chi connectivity index (χ1) is 7.05. The van der Waals surface area contributed by atoms with Gasteiger partial charge in [0, 0.05) is 19.5 Å². The Bertz CT molecular complexity index is 391. The van der Waals surface area contributed by atoms with E-state index in [1.54, 1.807) is 24.5 Å². The first-order valence-electron chi connectivity index (χ1n) is 4.42. The summed E-state index contributed by atoms with van der Waals surface area (Å²) in [6.45, 7) is 0.661. The molecule has 0 saturated carbocycles. The van der Waals surface area contributed by atoms with Gasteiger partial charge in [-0.3, -0.25) is 9.29 Å².